The molecule has 0 heterocycles. The summed E-state index contributed by atoms with van der Waals surface area (Å²) >= 11 is 0. The summed E-state index contributed by atoms with van der Waals surface area (Å²) < 4.78 is 0. The van der Waals surface area contributed by atoms with Gasteiger partial charge in [-0.1, -0.05) is 42.0 Å². The average Bonchev–Trinajstić information content (AvgIpc) is 2.47. The molecule has 0 bridgehead atoms. The molecule has 3 heteroatoms. The molecule has 1 amide bonds. The quantitative estimate of drug-likeness (QED) is 0.856. The monoisotopic (exact) mass is 282 g/mol. The number of nitrogens with two attached hydrogens (primary N) is 1. The van der Waals surface area contributed by atoms with E-state index in [1.54, 1.807) is 4.90 Å². The number of anilines is 1. The fourth-order valence-electron chi connectivity index (χ4n) is 2.25. The van der Waals surface area contributed by atoms with Crippen molar-refractivity contribution in [1.29, 1.82) is 0 Å². The first-order chi connectivity index (χ1) is 10.0. The number of aryl methyl sites for hydroxylation is 2. The molecule has 2 aromatic rings. The third-order valence-corrected chi connectivity index (χ3v) is 3.54. The SMILES string of the molecule is Cc1ccc(CN(C)C(=O)CCc2cccc(N)c2)cc1. The lowest BCUT2D eigenvalue weighted by Crippen LogP contribution is -2.26. The summed E-state index contributed by atoms with van der Waals surface area (Å²) in [5, 5.41) is 0. The molecular weight excluding hydrogens is 260 g/mol. The molecule has 0 unspecified atom stereocenters. The van der Waals surface area contributed by atoms with E-state index in [2.05, 4.69) is 31.2 Å². The van der Waals surface area contributed by atoms with Crippen molar-refractivity contribution in [3.05, 3.63) is 65.2 Å². The van der Waals surface area contributed by atoms with Gasteiger partial charge in [-0.25, -0.2) is 0 Å². The number of carbonyl (C=O) groups is 1. The molecule has 3 nitrogen and oxygen atoms in total. The minimum absolute atomic E-state index is 0.151. The maximum absolute atomic E-state index is 12.2. The summed E-state index contributed by atoms with van der Waals surface area (Å²) in [6.45, 7) is 2.71. The number of hydrogen-bond acceptors (Lipinski definition) is 2. The van der Waals surface area contributed by atoms with E-state index in [1.165, 1.54) is 5.56 Å². The Labute approximate surface area is 126 Å². The van der Waals surface area contributed by atoms with Crippen molar-refractivity contribution < 1.29 is 4.79 Å². The minimum Gasteiger partial charge on any atom is -0.399 e. The third kappa shape index (κ3) is 4.63. The summed E-state index contributed by atoms with van der Waals surface area (Å²) in [4.78, 5) is 13.9. The van der Waals surface area contributed by atoms with Crippen molar-refractivity contribution in [3.63, 3.8) is 0 Å². The number of hydrogen-bond donors (Lipinski definition) is 1. The third-order valence-electron chi connectivity index (χ3n) is 3.54. The second kappa shape index (κ2) is 6.93. The van der Waals surface area contributed by atoms with E-state index in [1.807, 2.05) is 31.3 Å². The molecule has 0 aliphatic heterocycles. The summed E-state index contributed by atoms with van der Waals surface area (Å²) in [6.07, 6.45) is 1.23. The molecule has 21 heavy (non-hydrogen) atoms. The molecule has 110 valence electrons. The lowest BCUT2D eigenvalue weighted by atomic mass is 10.1. The first-order valence-corrected chi connectivity index (χ1v) is 7.18. The zero-order valence-corrected chi connectivity index (χ0v) is 12.7. The number of nitrogen functional groups attached to an aromatic ring is 1. The predicted molar refractivity (Wildman–Crippen MR) is 86.8 cm³/mol. The van der Waals surface area contributed by atoms with E-state index in [0.29, 0.717) is 13.0 Å². The van der Waals surface area contributed by atoms with Crippen LogP contribution in [-0.2, 0) is 17.8 Å². The van der Waals surface area contributed by atoms with Gasteiger partial charge in [-0.05, 0) is 36.6 Å². The van der Waals surface area contributed by atoms with E-state index in [-0.39, 0.29) is 5.91 Å². The number of carbonyl (C=O) groups excluding carboxylic acids is 1. The van der Waals surface area contributed by atoms with Crippen LogP contribution in [0.2, 0.25) is 0 Å². The minimum atomic E-state index is 0.151. The lowest BCUT2D eigenvalue weighted by molar-refractivity contribution is -0.130. The number of benzene rings is 2. The normalized spacial score (nSPS) is 10.4. The molecule has 0 spiro atoms. The highest BCUT2D eigenvalue weighted by molar-refractivity contribution is 5.76. The van der Waals surface area contributed by atoms with Crippen LogP contribution in [-0.4, -0.2) is 17.9 Å². The van der Waals surface area contributed by atoms with Crippen LogP contribution in [0.3, 0.4) is 0 Å². The molecule has 0 saturated heterocycles. The Morgan fingerprint density at radius 1 is 1.10 bits per heavy atom. The van der Waals surface area contributed by atoms with Gasteiger partial charge in [0.1, 0.15) is 0 Å². The highest BCUT2D eigenvalue weighted by atomic mass is 16.2. The zero-order valence-electron chi connectivity index (χ0n) is 12.7. The molecule has 2 N–H and O–H groups in total. The van der Waals surface area contributed by atoms with Gasteiger partial charge < -0.3 is 10.6 Å². The largest absolute Gasteiger partial charge is 0.399 e. The Hall–Kier alpha value is -2.29. The molecule has 0 aromatic heterocycles. The molecule has 0 saturated carbocycles. The van der Waals surface area contributed by atoms with Crippen molar-refractivity contribution >= 4 is 11.6 Å². The Bertz CT molecular complexity index is 605. The average molecular weight is 282 g/mol. The predicted octanol–water partition coefficient (Wildman–Crippen LogP) is 3.17. The van der Waals surface area contributed by atoms with Crippen LogP contribution in [0.1, 0.15) is 23.1 Å². The van der Waals surface area contributed by atoms with Crippen LogP contribution in [0.15, 0.2) is 48.5 Å². The molecule has 2 rings (SSSR count). The van der Waals surface area contributed by atoms with Gasteiger partial charge in [-0.15, -0.1) is 0 Å². The second-order valence-electron chi connectivity index (χ2n) is 5.48. The first kappa shape index (κ1) is 15.1. The second-order valence-corrected chi connectivity index (χ2v) is 5.48. The molecular formula is C18H22N2O. The fraction of sp³-hybridized carbons (Fsp3) is 0.278. The van der Waals surface area contributed by atoms with Gasteiger partial charge >= 0.3 is 0 Å². The van der Waals surface area contributed by atoms with Gasteiger partial charge in [0.15, 0.2) is 0 Å². The standard InChI is InChI=1S/C18H22N2O/c1-14-6-8-16(9-7-14)13-20(2)18(21)11-10-15-4-3-5-17(19)12-15/h3-9,12H,10-11,13,19H2,1-2H3. The van der Waals surface area contributed by atoms with Crippen LogP contribution in [0, 0.1) is 6.92 Å². The molecule has 0 atom stereocenters. The molecule has 0 fully saturated rings. The Kier molecular flexibility index (Phi) is 4.99. The maximum atomic E-state index is 12.2. The number of amides is 1. The van der Waals surface area contributed by atoms with E-state index in [4.69, 9.17) is 5.73 Å². The van der Waals surface area contributed by atoms with Crippen LogP contribution < -0.4 is 5.73 Å². The van der Waals surface area contributed by atoms with Gasteiger partial charge in [-0.3, -0.25) is 4.79 Å². The number of rotatable bonds is 5. The zero-order chi connectivity index (χ0) is 15.2. The molecule has 2 aromatic carbocycles. The van der Waals surface area contributed by atoms with Crippen molar-refractivity contribution in [2.24, 2.45) is 0 Å². The first-order valence-electron chi connectivity index (χ1n) is 7.18. The number of nitrogens with zero attached hydrogens (tertiary/aromatic N) is 1. The molecule has 0 aliphatic carbocycles. The smallest absolute Gasteiger partial charge is 0.222 e. The lowest BCUT2D eigenvalue weighted by Gasteiger charge is -2.17. The van der Waals surface area contributed by atoms with Crippen molar-refractivity contribution in [2.45, 2.75) is 26.3 Å². The van der Waals surface area contributed by atoms with Crippen LogP contribution in [0.4, 0.5) is 5.69 Å². The molecule has 0 aliphatic rings. The van der Waals surface area contributed by atoms with Crippen LogP contribution >= 0.6 is 0 Å². The van der Waals surface area contributed by atoms with Gasteiger partial charge in [0.2, 0.25) is 5.91 Å². The van der Waals surface area contributed by atoms with Crippen molar-refractivity contribution in [1.82, 2.24) is 4.90 Å². The van der Waals surface area contributed by atoms with Gasteiger partial charge in [0.05, 0.1) is 0 Å². The van der Waals surface area contributed by atoms with Gasteiger partial charge in [0, 0.05) is 25.7 Å². The summed E-state index contributed by atoms with van der Waals surface area (Å²) in [7, 11) is 1.85. The van der Waals surface area contributed by atoms with Crippen LogP contribution in [0.5, 0.6) is 0 Å². The maximum Gasteiger partial charge on any atom is 0.222 e. The fourth-order valence-corrected chi connectivity index (χ4v) is 2.25. The molecule has 0 radical (unpaired) electrons. The van der Waals surface area contributed by atoms with E-state index in [9.17, 15) is 4.79 Å². The van der Waals surface area contributed by atoms with Gasteiger partial charge in [-0.2, -0.15) is 0 Å². The van der Waals surface area contributed by atoms with Crippen LogP contribution in [0.25, 0.3) is 0 Å². The highest BCUT2D eigenvalue weighted by Crippen LogP contribution is 2.11. The van der Waals surface area contributed by atoms with Crippen molar-refractivity contribution in [3.8, 4) is 0 Å². The Balaban J connectivity index is 1.86. The van der Waals surface area contributed by atoms with Gasteiger partial charge in [0.25, 0.3) is 0 Å². The topological polar surface area (TPSA) is 46.3 Å². The Morgan fingerprint density at radius 2 is 1.81 bits per heavy atom. The van der Waals surface area contributed by atoms with E-state index in [0.717, 1.165) is 23.2 Å². The van der Waals surface area contributed by atoms with E-state index < -0.39 is 0 Å². The highest BCUT2D eigenvalue weighted by Gasteiger charge is 2.09. The Morgan fingerprint density at radius 3 is 2.48 bits per heavy atom. The van der Waals surface area contributed by atoms with E-state index >= 15 is 0 Å². The summed E-state index contributed by atoms with van der Waals surface area (Å²) in [5.74, 6) is 0.151. The van der Waals surface area contributed by atoms with Crippen molar-refractivity contribution in [2.75, 3.05) is 12.8 Å². The summed E-state index contributed by atoms with van der Waals surface area (Å²) in [5.41, 5.74) is 9.98. The summed E-state index contributed by atoms with van der Waals surface area (Å²) in [6, 6.07) is 16.0.